The van der Waals surface area contributed by atoms with Gasteiger partial charge in [0.05, 0.1) is 11.1 Å². The Morgan fingerprint density at radius 3 is 2.36 bits per heavy atom. The van der Waals surface area contributed by atoms with Crippen LogP contribution < -0.4 is 0 Å². The van der Waals surface area contributed by atoms with Crippen molar-refractivity contribution in [2.75, 3.05) is 32.8 Å². The highest BCUT2D eigenvalue weighted by molar-refractivity contribution is 7.89. The fourth-order valence-corrected chi connectivity index (χ4v) is 4.05. The standard InChI is InChI=1S/C17H17FN4O5S/c18-13-1-3-14(4-2-13)28(25,26)22-9-7-21(8-10-22)16(23)12-27-17(24)15-11-19-5-6-20-15/h1-6,11H,7-10,12H2. The third-order valence-corrected chi connectivity index (χ3v) is 6.05. The monoisotopic (exact) mass is 408 g/mol. The Morgan fingerprint density at radius 1 is 1.07 bits per heavy atom. The van der Waals surface area contributed by atoms with E-state index in [0.29, 0.717) is 0 Å². The molecule has 2 aromatic rings. The predicted molar refractivity (Wildman–Crippen MR) is 94.1 cm³/mol. The van der Waals surface area contributed by atoms with Crippen molar-refractivity contribution in [3.63, 3.8) is 0 Å². The Morgan fingerprint density at radius 2 is 1.75 bits per heavy atom. The highest BCUT2D eigenvalue weighted by Gasteiger charge is 2.30. The molecule has 1 fully saturated rings. The van der Waals surface area contributed by atoms with Crippen LogP contribution in [0.2, 0.25) is 0 Å². The summed E-state index contributed by atoms with van der Waals surface area (Å²) in [4.78, 5) is 32.9. The minimum atomic E-state index is -3.76. The zero-order valence-corrected chi connectivity index (χ0v) is 15.5. The Hall–Kier alpha value is -2.92. The first-order valence-electron chi connectivity index (χ1n) is 8.34. The van der Waals surface area contributed by atoms with E-state index >= 15 is 0 Å². The number of sulfonamides is 1. The van der Waals surface area contributed by atoms with Crippen LogP contribution in [0.5, 0.6) is 0 Å². The number of benzene rings is 1. The van der Waals surface area contributed by atoms with E-state index in [0.717, 1.165) is 12.1 Å². The minimum absolute atomic E-state index is 0.00780. The molecule has 1 amide bonds. The zero-order chi connectivity index (χ0) is 20.1. The smallest absolute Gasteiger partial charge is 0.359 e. The normalized spacial score (nSPS) is 15.2. The number of halogens is 1. The number of ether oxygens (including phenoxy) is 1. The lowest BCUT2D eigenvalue weighted by atomic mass is 10.3. The number of aromatic nitrogens is 2. The summed E-state index contributed by atoms with van der Waals surface area (Å²) in [6.07, 6.45) is 3.96. The number of carbonyl (C=O) groups is 2. The second kappa shape index (κ2) is 8.40. The third-order valence-electron chi connectivity index (χ3n) is 4.14. The summed E-state index contributed by atoms with van der Waals surface area (Å²) < 4.78 is 44.3. The number of hydrogen-bond acceptors (Lipinski definition) is 7. The van der Waals surface area contributed by atoms with Crippen LogP contribution in [0.4, 0.5) is 4.39 Å². The molecule has 3 rings (SSSR count). The van der Waals surface area contributed by atoms with E-state index in [9.17, 15) is 22.4 Å². The van der Waals surface area contributed by atoms with E-state index in [1.165, 1.54) is 39.9 Å². The molecule has 28 heavy (non-hydrogen) atoms. The average molecular weight is 408 g/mol. The molecule has 0 bridgehead atoms. The Bertz CT molecular complexity index is 945. The van der Waals surface area contributed by atoms with Gasteiger partial charge in [-0.25, -0.2) is 22.6 Å². The molecule has 0 unspecified atom stereocenters. The zero-order valence-electron chi connectivity index (χ0n) is 14.7. The van der Waals surface area contributed by atoms with Gasteiger partial charge in [0.2, 0.25) is 10.0 Å². The first-order valence-corrected chi connectivity index (χ1v) is 9.78. The molecule has 1 aliphatic heterocycles. The van der Waals surface area contributed by atoms with Crippen LogP contribution >= 0.6 is 0 Å². The molecular formula is C17H17FN4O5S. The molecule has 0 saturated carbocycles. The van der Waals surface area contributed by atoms with Crippen molar-refractivity contribution in [1.29, 1.82) is 0 Å². The van der Waals surface area contributed by atoms with E-state index in [4.69, 9.17) is 4.74 Å². The summed E-state index contributed by atoms with van der Waals surface area (Å²) >= 11 is 0. The molecule has 0 radical (unpaired) electrons. The molecule has 0 N–H and O–H groups in total. The first-order chi connectivity index (χ1) is 13.4. The van der Waals surface area contributed by atoms with Crippen molar-refractivity contribution >= 4 is 21.9 Å². The largest absolute Gasteiger partial charge is 0.451 e. The molecule has 1 aromatic carbocycles. The number of hydrogen-bond donors (Lipinski definition) is 0. The molecule has 148 valence electrons. The van der Waals surface area contributed by atoms with E-state index in [2.05, 4.69) is 9.97 Å². The van der Waals surface area contributed by atoms with Crippen LogP contribution in [-0.2, 0) is 19.6 Å². The molecule has 9 nitrogen and oxygen atoms in total. The van der Waals surface area contributed by atoms with Crippen molar-refractivity contribution in [2.24, 2.45) is 0 Å². The highest BCUT2D eigenvalue weighted by atomic mass is 32.2. The maximum atomic E-state index is 13.0. The van der Waals surface area contributed by atoms with E-state index in [1.54, 1.807) is 0 Å². The number of amides is 1. The van der Waals surface area contributed by atoms with Crippen molar-refractivity contribution in [1.82, 2.24) is 19.2 Å². The van der Waals surface area contributed by atoms with Crippen LogP contribution in [-0.4, -0.2) is 72.3 Å². The lowest BCUT2D eigenvalue weighted by Gasteiger charge is -2.33. The van der Waals surface area contributed by atoms with Gasteiger partial charge in [0.15, 0.2) is 12.3 Å². The molecule has 2 heterocycles. The SMILES string of the molecule is O=C(OCC(=O)N1CCN(S(=O)(=O)c2ccc(F)cc2)CC1)c1cnccn1. The van der Waals surface area contributed by atoms with Gasteiger partial charge in [-0.2, -0.15) is 4.31 Å². The van der Waals surface area contributed by atoms with Gasteiger partial charge in [-0.15, -0.1) is 0 Å². The fourth-order valence-electron chi connectivity index (χ4n) is 2.63. The van der Waals surface area contributed by atoms with Crippen LogP contribution in [0, 0.1) is 5.82 Å². The van der Waals surface area contributed by atoms with Gasteiger partial charge in [0.25, 0.3) is 5.91 Å². The molecule has 0 spiro atoms. The highest BCUT2D eigenvalue weighted by Crippen LogP contribution is 2.18. The lowest BCUT2D eigenvalue weighted by molar-refractivity contribution is -0.135. The molecule has 1 aromatic heterocycles. The summed E-state index contributed by atoms with van der Waals surface area (Å²) in [7, 11) is -3.76. The Labute approximate surface area is 160 Å². The first kappa shape index (κ1) is 19.8. The molecule has 1 saturated heterocycles. The van der Waals surface area contributed by atoms with Gasteiger partial charge in [-0.3, -0.25) is 9.78 Å². The molecule has 0 atom stereocenters. The van der Waals surface area contributed by atoms with Crippen molar-refractivity contribution in [3.05, 3.63) is 54.4 Å². The van der Waals surface area contributed by atoms with Crippen molar-refractivity contribution in [3.8, 4) is 0 Å². The van der Waals surface area contributed by atoms with Crippen LogP contribution in [0.1, 0.15) is 10.5 Å². The quantitative estimate of drug-likeness (QED) is 0.655. The number of nitrogens with zero attached hydrogens (tertiary/aromatic N) is 4. The third kappa shape index (κ3) is 4.49. The second-order valence-corrected chi connectivity index (χ2v) is 7.84. The number of piperazine rings is 1. The maximum Gasteiger partial charge on any atom is 0.359 e. The van der Waals surface area contributed by atoms with Gasteiger partial charge >= 0.3 is 5.97 Å². The van der Waals surface area contributed by atoms with Gasteiger partial charge in [0, 0.05) is 38.6 Å². The summed E-state index contributed by atoms with van der Waals surface area (Å²) in [5.74, 6) is -1.72. The van der Waals surface area contributed by atoms with Crippen LogP contribution in [0.3, 0.4) is 0 Å². The van der Waals surface area contributed by atoms with Crippen molar-refractivity contribution < 1.29 is 27.1 Å². The number of carbonyl (C=O) groups excluding carboxylic acids is 2. The van der Waals surface area contributed by atoms with Gasteiger partial charge < -0.3 is 9.64 Å². The van der Waals surface area contributed by atoms with E-state index in [-0.39, 0.29) is 36.8 Å². The van der Waals surface area contributed by atoms with Gasteiger partial charge in [-0.05, 0) is 24.3 Å². The molecular weight excluding hydrogens is 391 g/mol. The number of rotatable bonds is 5. The second-order valence-electron chi connectivity index (χ2n) is 5.91. The minimum Gasteiger partial charge on any atom is -0.451 e. The molecule has 0 aliphatic carbocycles. The average Bonchev–Trinajstić information content (AvgIpc) is 2.73. The lowest BCUT2D eigenvalue weighted by Crippen LogP contribution is -2.51. The molecule has 1 aliphatic rings. The summed E-state index contributed by atoms with van der Waals surface area (Å²) in [5, 5.41) is 0. The summed E-state index contributed by atoms with van der Waals surface area (Å²) in [5.41, 5.74) is -0.00879. The van der Waals surface area contributed by atoms with Gasteiger partial charge in [0.1, 0.15) is 5.82 Å². The maximum absolute atomic E-state index is 13.0. The topological polar surface area (TPSA) is 110 Å². The fraction of sp³-hybridized carbons (Fsp3) is 0.294. The molecule has 11 heteroatoms. The Kier molecular flexibility index (Phi) is 5.95. The van der Waals surface area contributed by atoms with Crippen LogP contribution in [0.15, 0.2) is 47.8 Å². The Balaban J connectivity index is 1.52. The predicted octanol–water partition coefficient (Wildman–Crippen LogP) is 0.306. The van der Waals surface area contributed by atoms with E-state index < -0.39 is 34.3 Å². The summed E-state index contributed by atoms with van der Waals surface area (Å²) in [6, 6.07) is 4.57. The number of esters is 1. The summed E-state index contributed by atoms with van der Waals surface area (Å²) in [6.45, 7) is 0.0110. The van der Waals surface area contributed by atoms with Gasteiger partial charge in [-0.1, -0.05) is 0 Å². The van der Waals surface area contributed by atoms with Crippen molar-refractivity contribution in [2.45, 2.75) is 4.90 Å². The van der Waals surface area contributed by atoms with E-state index in [1.807, 2.05) is 0 Å². The van der Waals surface area contributed by atoms with Crippen LogP contribution in [0.25, 0.3) is 0 Å².